The Morgan fingerprint density at radius 3 is 2.50 bits per heavy atom. The van der Waals surface area contributed by atoms with Gasteiger partial charge in [-0.15, -0.1) is 0 Å². The summed E-state index contributed by atoms with van der Waals surface area (Å²) in [6.07, 6.45) is 4.89. The normalized spacial score (nSPS) is 26.7. The second kappa shape index (κ2) is 6.41. The van der Waals surface area contributed by atoms with Gasteiger partial charge in [0.25, 0.3) is 0 Å². The van der Waals surface area contributed by atoms with E-state index in [4.69, 9.17) is 0 Å². The van der Waals surface area contributed by atoms with Gasteiger partial charge in [-0.1, -0.05) is 24.6 Å². The third-order valence-corrected chi connectivity index (χ3v) is 5.52. The number of hydrogen-bond acceptors (Lipinski definition) is 2. The Morgan fingerprint density at radius 1 is 1.09 bits per heavy atom. The van der Waals surface area contributed by atoms with Crippen molar-refractivity contribution in [3.8, 4) is 0 Å². The lowest BCUT2D eigenvalue weighted by molar-refractivity contribution is -0.131. The molecule has 3 heteroatoms. The van der Waals surface area contributed by atoms with Crippen LogP contribution in [0.3, 0.4) is 0 Å². The summed E-state index contributed by atoms with van der Waals surface area (Å²) in [4.78, 5) is 17.1. The molecule has 2 heterocycles. The number of carbonyl (C=O) groups is 1. The fraction of sp³-hybridized carbons (Fsp3) is 0.632. The van der Waals surface area contributed by atoms with Crippen LogP contribution in [0.2, 0.25) is 0 Å². The molecule has 3 nitrogen and oxygen atoms in total. The van der Waals surface area contributed by atoms with E-state index in [0.717, 1.165) is 13.0 Å². The van der Waals surface area contributed by atoms with Crippen LogP contribution in [0, 0.1) is 19.8 Å². The molecule has 1 aromatic carbocycles. The van der Waals surface area contributed by atoms with E-state index in [2.05, 4.69) is 36.9 Å². The SMILES string of the molecule is Cc1ccc(C2CC(CN3CCCCC3)C(=O)N2C)cc1C. The molecular formula is C19H28N2O. The molecular weight excluding hydrogens is 272 g/mol. The summed E-state index contributed by atoms with van der Waals surface area (Å²) in [6.45, 7) is 7.58. The Hall–Kier alpha value is -1.35. The number of nitrogens with zero attached hydrogens (tertiary/aromatic N) is 2. The predicted molar refractivity (Wildman–Crippen MR) is 89.8 cm³/mol. The molecule has 0 radical (unpaired) electrons. The van der Waals surface area contributed by atoms with E-state index in [1.165, 1.54) is 49.0 Å². The fourth-order valence-electron chi connectivity index (χ4n) is 3.91. The van der Waals surface area contributed by atoms with Crippen LogP contribution in [0.1, 0.15) is 48.4 Å². The summed E-state index contributed by atoms with van der Waals surface area (Å²) in [7, 11) is 1.97. The molecule has 22 heavy (non-hydrogen) atoms. The lowest BCUT2D eigenvalue weighted by Crippen LogP contribution is -2.36. The highest BCUT2D eigenvalue weighted by molar-refractivity contribution is 5.81. The lowest BCUT2D eigenvalue weighted by atomic mass is 9.96. The lowest BCUT2D eigenvalue weighted by Gasteiger charge is -2.28. The Labute approximate surface area is 134 Å². The molecule has 120 valence electrons. The van der Waals surface area contributed by atoms with E-state index in [1.807, 2.05) is 11.9 Å². The summed E-state index contributed by atoms with van der Waals surface area (Å²) in [5, 5.41) is 0. The molecule has 0 bridgehead atoms. The van der Waals surface area contributed by atoms with E-state index in [-0.39, 0.29) is 12.0 Å². The molecule has 2 fully saturated rings. The summed E-state index contributed by atoms with van der Waals surface area (Å²) in [5.74, 6) is 0.503. The molecule has 0 aromatic heterocycles. The summed E-state index contributed by atoms with van der Waals surface area (Å²) in [6, 6.07) is 6.88. The van der Waals surface area contributed by atoms with E-state index < -0.39 is 0 Å². The number of benzene rings is 1. The van der Waals surface area contributed by atoms with Crippen molar-refractivity contribution in [2.45, 2.75) is 45.6 Å². The topological polar surface area (TPSA) is 23.6 Å². The minimum atomic E-state index is 0.176. The minimum absolute atomic E-state index is 0.176. The quantitative estimate of drug-likeness (QED) is 0.855. The third kappa shape index (κ3) is 3.05. The van der Waals surface area contributed by atoms with Gasteiger partial charge in [0.2, 0.25) is 5.91 Å². The van der Waals surface area contributed by atoms with Crippen LogP contribution < -0.4 is 0 Å². The first-order valence-corrected chi connectivity index (χ1v) is 8.62. The van der Waals surface area contributed by atoms with Crippen molar-refractivity contribution in [2.75, 3.05) is 26.7 Å². The Balaban J connectivity index is 1.71. The van der Waals surface area contributed by atoms with Crippen LogP contribution in [-0.4, -0.2) is 42.4 Å². The predicted octanol–water partition coefficient (Wildman–Crippen LogP) is 3.31. The molecule has 1 aromatic rings. The summed E-state index contributed by atoms with van der Waals surface area (Å²) < 4.78 is 0. The molecule has 0 spiro atoms. The monoisotopic (exact) mass is 300 g/mol. The zero-order valence-corrected chi connectivity index (χ0v) is 14.1. The third-order valence-electron chi connectivity index (χ3n) is 5.52. The second-order valence-corrected chi connectivity index (χ2v) is 7.10. The minimum Gasteiger partial charge on any atom is -0.338 e. The second-order valence-electron chi connectivity index (χ2n) is 7.10. The van der Waals surface area contributed by atoms with Crippen molar-refractivity contribution in [3.05, 3.63) is 34.9 Å². The zero-order valence-electron chi connectivity index (χ0n) is 14.1. The first kappa shape index (κ1) is 15.5. The Kier molecular flexibility index (Phi) is 4.53. The van der Waals surface area contributed by atoms with E-state index in [9.17, 15) is 4.79 Å². The van der Waals surface area contributed by atoms with E-state index in [1.54, 1.807) is 0 Å². The van der Waals surface area contributed by atoms with Crippen LogP contribution in [-0.2, 0) is 4.79 Å². The fourth-order valence-corrected chi connectivity index (χ4v) is 3.91. The standard InChI is InChI=1S/C19H28N2O/c1-14-7-8-16(11-15(14)2)18-12-17(19(22)20(18)3)13-21-9-5-4-6-10-21/h7-8,11,17-18H,4-6,9-10,12-13H2,1-3H3. The number of carbonyl (C=O) groups excluding carboxylic acids is 1. The molecule has 0 aliphatic carbocycles. The van der Waals surface area contributed by atoms with E-state index >= 15 is 0 Å². The molecule has 2 aliphatic heterocycles. The van der Waals surface area contributed by atoms with Crippen LogP contribution in [0.5, 0.6) is 0 Å². The maximum atomic E-state index is 12.6. The zero-order chi connectivity index (χ0) is 15.7. The molecule has 0 saturated carbocycles. The molecule has 2 unspecified atom stereocenters. The highest BCUT2D eigenvalue weighted by Crippen LogP contribution is 2.36. The number of aryl methyl sites for hydroxylation is 2. The van der Waals surface area contributed by atoms with Gasteiger partial charge in [0, 0.05) is 13.6 Å². The molecule has 2 atom stereocenters. The maximum Gasteiger partial charge on any atom is 0.227 e. The first-order valence-electron chi connectivity index (χ1n) is 8.62. The number of hydrogen-bond donors (Lipinski definition) is 0. The average Bonchev–Trinajstić information content (AvgIpc) is 2.80. The van der Waals surface area contributed by atoms with Crippen molar-refractivity contribution in [2.24, 2.45) is 5.92 Å². The van der Waals surface area contributed by atoms with Crippen LogP contribution in [0.15, 0.2) is 18.2 Å². The number of rotatable bonds is 3. The van der Waals surface area contributed by atoms with Crippen molar-refractivity contribution < 1.29 is 4.79 Å². The largest absolute Gasteiger partial charge is 0.338 e. The summed E-state index contributed by atoms with van der Waals surface area (Å²) >= 11 is 0. The van der Waals surface area contributed by atoms with Gasteiger partial charge >= 0.3 is 0 Å². The van der Waals surface area contributed by atoms with Crippen molar-refractivity contribution in [3.63, 3.8) is 0 Å². The first-order chi connectivity index (χ1) is 10.6. The van der Waals surface area contributed by atoms with Crippen LogP contribution in [0.25, 0.3) is 0 Å². The van der Waals surface area contributed by atoms with Gasteiger partial charge in [-0.05, 0) is 62.9 Å². The van der Waals surface area contributed by atoms with Gasteiger partial charge in [0.15, 0.2) is 0 Å². The van der Waals surface area contributed by atoms with Gasteiger partial charge in [0.1, 0.15) is 0 Å². The van der Waals surface area contributed by atoms with Crippen LogP contribution >= 0.6 is 0 Å². The summed E-state index contributed by atoms with van der Waals surface area (Å²) in [5.41, 5.74) is 3.93. The maximum absolute atomic E-state index is 12.6. The van der Waals surface area contributed by atoms with Gasteiger partial charge < -0.3 is 9.80 Å². The van der Waals surface area contributed by atoms with Crippen molar-refractivity contribution in [1.82, 2.24) is 9.80 Å². The van der Waals surface area contributed by atoms with Crippen molar-refractivity contribution >= 4 is 5.91 Å². The molecule has 0 N–H and O–H groups in total. The smallest absolute Gasteiger partial charge is 0.227 e. The van der Waals surface area contributed by atoms with Gasteiger partial charge in [0.05, 0.1) is 12.0 Å². The van der Waals surface area contributed by atoms with Crippen LogP contribution in [0.4, 0.5) is 0 Å². The number of likely N-dealkylation sites (tertiary alicyclic amines) is 2. The molecule has 3 rings (SSSR count). The molecule has 2 aliphatic rings. The highest BCUT2D eigenvalue weighted by Gasteiger charge is 2.38. The van der Waals surface area contributed by atoms with E-state index in [0.29, 0.717) is 5.91 Å². The van der Waals surface area contributed by atoms with Crippen molar-refractivity contribution in [1.29, 1.82) is 0 Å². The highest BCUT2D eigenvalue weighted by atomic mass is 16.2. The van der Waals surface area contributed by atoms with Gasteiger partial charge in [-0.25, -0.2) is 0 Å². The average molecular weight is 300 g/mol. The Morgan fingerprint density at radius 2 is 1.82 bits per heavy atom. The van der Waals surface area contributed by atoms with Gasteiger partial charge in [-0.3, -0.25) is 4.79 Å². The Bertz CT molecular complexity index is 548. The molecule has 2 saturated heterocycles. The van der Waals surface area contributed by atoms with Gasteiger partial charge in [-0.2, -0.15) is 0 Å². The number of piperidine rings is 1. The number of amides is 1. The molecule has 1 amide bonds.